The fraction of sp³-hybridized carbons (Fsp3) is 0.436. The lowest BCUT2D eigenvalue weighted by Gasteiger charge is -2.37. The number of hydrogen-bond acceptors (Lipinski definition) is 12. The summed E-state index contributed by atoms with van der Waals surface area (Å²) in [6.45, 7) is 5.95. The van der Waals surface area contributed by atoms with Gasteiger partial charge < -0.3 is 50.0 Å². The highest BCUT2D eigenvalue weighted by molar-refractivity contribution is 6.71. The van der Waals surface area contributed by atoms with Crippen LogP contribution in [0.3, 0.4) is 0 Å². The Hall–Kier alpha value is -4.07. The fourth-order valence-electron chi connectivity index (χ4n) is 8.59. The maximum absolute atomic E-state index is 14.9. The zero-order valence-corrected chi connectivity index (χ0v) is 32.8. The molecule has 7 rings (SSSR count). The lowest BCUT2D eigenvalue weighted by atomic mass is 9.82. The van der Waals surface area contributed by atoms with Gasteiger partial charge in [-0.1, -0.05) is 66.2 Å². The van der Waals surface area contributed by atoms with E-state index in [0.717, 1.165) is 5.56 Å². The van der Waals surface area contributed by atoms with Crippen molar-refractivity contribution in [1.82, 2.24) is 15.0 Å². The quantitative estimate of drug-likeness (QED) is 0.109. The van der Waals surface area contributed by atoms with E-state index in [1.807, 2.05) is 50.3 Å². The highest BCUT2D eigenvalue weighted by atomic mass is 35.5. The summed E-state index contributed by atoms with van der Waals surface area (Å²) in [5.41, 5.74) is 1.83. The number of halogens is 1. The summed E-state index contributed by atoms with van der Waals surface area (Å²) in [5.74, 6) is -1.97. The van der Waals surface area contributed by atoms with E-state index in [2.05, 4.69) is 15.6 Å². The van der Waals surface area contributed by atoms with Crippen molar-refractivity contribution in [3.63, 3.8) is 0 Å². The van der Waals surface area contributed by atoms with Gasteiger partial charge in [-0.15, -0.1) is 5.10 Å². The molecular weight excluding hydrogens is 762 g/mol. The first-order valence-electron chi connectivity index (χ1n) is 18.5. The van der Waals surface area contributed by atoms with Crippen LogP contribution in [0.1, 0.15) is 41.6 Å². The van der Waals surface area contributed by atoms with E-state index < -0.39 is 62.6 Å². The third-order valence-corrected chi connectivity index (χ3v) is 14.0. The van der Waals surface area contributed by atoms with Crippen LogP contribution in [0.5, 0.6) is 0 Å². The highest BCUT2D eigenvalue weighted by Gasteiger charge is 2.66. The average Bonchev–Trinajstić information content (AvgIpc) is 3.82. The molecule has 3 aromatic carbocycles. The largest absolute Gasteiger partial charge is 0.432 e. The number of amides is 2. The van der Waals surface area contributed by atoms with Gasteiger partial charge in [-0.2, -0.15) is 0 Å². The molecule has 0 aliphatic carbocycles. The Morgan fingerprint density at radius 3 is 2.48 bits per heavy atom. The normalized spacial score (nSPS) is 29.5. The number of carbonyl (C=O) groups excluding carboxylic acids is 2. The molecule has 7 N–H and O–H groups in total. The van der Waals surface area contributed by atoms with Gasteiger partial charge >= 0.3 is 0 Å². The van der Waals surface area contributed by atoms with E-state index >= 15 is 0 Å². The molecule has 1 spiro atoms. The van der Waals surface area contributed by atoms with E-state index in [1.54, 1.807) is 58.2 Å². The Balaban J connectivity index is 1.12. The highest BCUT2D eigenvalue weighted by Crippen LogP contribution is 2.60. The molecule has 0 radical (unpaired) electrons. The van der Waals surface area contributed by atoms with Gasteiger partial charge in [-0.05, 0) is 61.0 Å². The van der Waals surface area contributed by atoms with Crippen molar-refractivity contribution in [2.75, 3.05) is 16.8 Å². The molecule has 0 bridgehead atoms. The molecule has 15 nitrogen and oxygen atoms in total. The van der Waals surface area contributed by atoms with Gasteiger partial charge in [0.05, 0.1) is 36.6 Å². The van der Waals surface area contributed by atoms with Gasteiger partial charge in [-0.25, -0.2) is 0 Å². The Bertz CT molecular complexity index is 2070. The molecule has 1 aromatic heterocycles. The zero-order valence-electron chi connectivity index (χ0n) is 31.0. The van der Waals surface area contributed by atoms with Crippen molar-refractivity contribution in [1.29, 1.82) is 0 Å². The number of nitrogens with one attached hydrogen (secondary N) is 1. The van der Waals surface area contributed by atoms with Crippen LogP contribution in [-0.2, 0) is 37.8 Å². The van der Waals surface area contributed by atoms with Gasteiger partial charge in [0.15, 0.2) is 26.3 Å². The molecule has 2 fully saturated rings. The minimum atomic E-state index is -2.98. The molecule has 3 aliphatic heterocycles. The SMILES string of the molecule is C[C@H]1[C@H]([Si](C)(C)O)[C@@H](CCn2cc(C(CO)c3ccccc3)nn2)O[C@]12C(=O)N(Cc1cccc(NC(=O)[C@H]3O[C@@H](O)[C@H](O)[C@@H](O)[C@@H]3O)c1)c1ccc(Cl)cc12. The number of carbonyl (C=O) groups is 2. The number of hydrogen-bond donors (Lipinski definition) is 7. The summed E-state index contributed by atoms with van der Waals surface area (Å²) in [5, 5.41) is 62.0. The lowest BCUT2D eigenvalue weighted by molar-refractivity contribution is -0.274. The molecule has 298 valence electrons. The van der Waals surface area contributed by atoms with E-state index in [1.165, 1.54) is 0 Å². The molecule has 0 saturated carbocycles. The minimum absolute atomic E-state index is 0.0750. The molecule has 56 heavy (non-hydrogen) atoms. The van der Waals surface area contributed by atoms with Crippen LogP contribution in [0, 0.1) is 5.92 Å². The Labute approximate surface area is 329 Å². The van der Waals surface area contributed by atoms with Crippen molar-refractivity contribution in [3.8, 4) is 0 Å². The summed E-state index contributed by atoms with van der Waals surface area (Å²) in [6, 6.07) is 21.5. The third kappa shape index (κ3) is 7.30. The van der Waals surface area contributed by atoms with Crippen molar-refractivity contribution >= 4 is 43.1 Å². The third-order valence-electron chi connectivity index (χ3n) is 11.3. The number of aliphatic hydroxyl groups is 5. The number of ether oxygens (including phenoxy) is 2. The molecule has 10 atom stereocenters. The number of anilines is 2. The minimum Gasteiger partial charge on any atom is -0.432 e. The summed E-state index contributed by atoms with van der Waals surface area (Å²) in [7, 11) is -2.98. The van der Waals surface area contributed by atoms with Gasteiger partial charge in [0.2, 0.25) is 0 Å². The number of benzene rings is 3. The molecule has 2 amide bonds. The monoisotopic (exact) mass is 807 g/mol. The molecule has 1 unspecified atom stereocenters. The Morgan fingerprint density at radius 1 is 1.02 bits per heavy atom. The van der Waals surface area contributed by atoms with Crippen LogP contribution in [0.2, 0.25) is 23.7 Å². The van der Waals surface area contributed by atoms with Crippen LogP contribution in [-0.4, -0.2) is 109 Å². The molecule has 2 saturated heterocycles. The van der Waals surface area contributed by atoms with Gasteiger partial charge in [-0.3, -0.25) is 14.3 Å². The number of fused-ring (bicyclic) bond motifs is 2. The second kappa shape index (κ2) is 15.7. The van der Waals surface area contributed by atoms with Crippen molar-refractivity contribution in [2.24, 2.45) is 5.92 Å². The van der Waals surface area contributed by atoms with Crippen molar-refractivity contribution < 1.29 is 49.4 Å². The number of nitrogens with zero attached hydrogens (tertiary/aromatic N) is 4. The number of aryl methyl sites for hydroxylation is 1. The first kappa shape index (κ1) is 40.1. The summed E-state index contributed by atoms with van der Waals surface area (Å²) in [4.78, 5) is 41.3. The van der Waals surface area contributed by atoms with E-state index in [9.17, 15) is 39.9 Å². The van der Waals surface area contributed by atoms with Gasteiger partial charge in [0.1, 0.15) is 18.3 Å². The predicted octanol–water partition coefficient (Wildman–Crippen LogP) is 2.23. The van der Waals surface area contributed by atoms with E-state index in [4.69, 9.17) is 21.1 Å². The molecule has 4 heterocycles. The Morgan fingerprint density at radius 2 is 1.77 bits per heavy atom. The van der Waals surface area contributed by atoms with E-state index in [-0.39, 0.29) is 30.5 Å². The molecule has 17 heteroatoms. The van der Waals surface area contributed by atoms with Gasteiger partial charge in [0, 0.05) is 40.5 Å². The van der Waals surface area contributed by atoms with Crippen LogP contribution >= 0.6 is 11.6 Å². The lowest BCUT2D eigenvalue weighted by Crippen LogP contribution is -2.60. The first-order valence-corrected chi connectivity index (χ1v) is 21.9. The van der Waals surface area contributed by atoms with E-state index in [0.29, 0.717) is 46.2 Å². The Kier molecular flexibility index (Phi) is 11.3. The van der Waals surface area contributed by atoms with Crippen LogP contribution in [0.15, 0.2) is 79.0 Å². The second-order valence-corrected chi connectivity index (χ2v) is 19.8. The summed E-state index contributed by atoms with van der Waals surface area (Å²) < 4.78 is 13.7. The summed E-state index contributed by atoms with van der Waals surface area (Å²) in [6.07, 6.45) is -7.24. The van der Waals surface area contributed by atoms with Crippen molar-refractivity contribution in [2.45, 2.75) is 93.4 Å². The maximum atomic E-state index is 14.9. The number of aliphatic hydroxyl groups excluding tert-OH is 5. The average molecular weight is 808 g/mol. The number of rotatable bonds is 11. The van der Waals surface area contributed by atoms with Crippen LogP contribution < -0.4 is 10.2 Å². The van der Waals surface area contributed by atoms with Crippen LogP contribution in [0.25, 0.3) is 0 Å². The topological polar surface area (TPSA) is 220 Å². The standard InChI is InChI=1S/C39H46ClN5O10Si/c1-21-35(56(2,3)53)30(14-15-44-19-28(42-43-44)26(20-46)23-9-5-4-6-10-23)55-39(21)27-17-24(40)12-13-29(27)45(38(39)52)18-22-8-7-11-25(16-22)41-36(50)34-32(48)31(47)33(49)37(51)54-34/h4-13,16-17,19,21,26,30-35,37,46-49,51,53H,14-15,18,20H2,1-3H3,(H,41,50)/t21-,26?,30+,31-,32-,33+,34-,35-,37+,39+/m0/s1. The molecule has 4 aromatic rings. The van der Waals surface area contributed by atoms with Crippen molar-refractivity contribution in [3.05, 3.63) is 106 Å². The molecular formula is C39H46ClN5O10Si. The maximum Gasteiger partial charge on any atom is 0.264 e. The summed E-state index contributed by atoms with van der Waals surface area (Å²) >= 11 is 6.57. The predicted molar refractivity (Wildman–Crippen MR) is 206 cm³/mol. The van der Waals surface area contributed by atoms with Gasteiger partial charge in [0.25, 0.3) is 11.8 Å². The fourth-order valence-corrected chi connectivity index (χ4v) is 11.4. The number of aromatic nitrogens is 3. The van der Waals surface area contributed by atoms with Crippen LogP contribution in [0.4, 0.5) is 11.4 Å². The molecule has 3 aliphatic rings. The zero-order chi connectivity index (χ0) is 40.1. The smallest absolute Gasteiger partial charge is 0.264 e. The second-order valence-electron chi connectivity index (χ2n) is 15.4. The first-order chi connectivity index (χ1) is 26.6.